The van der Waals surface area contributed by atoms with Crippen LogP contribution >= 0.6 is 0 Å². The first-order valence-corrected chi connectivity index (χ1v) is 29.8. The number of piperidine rings is 2. The molecule has 472 valence electrons. The molecular weight excluding hydrogens is 1160 g/mol. The molecule has 10 heterocycles. The Bertz CT molecular complexity index is 3880. The van der Waals surface area contributed by atoms with Crippen LogP contribution in [0.25, 0.3) is 22.5 Å². The van der Waals surface area contributed by atoms with Gasteiger partial charge >= 0.3 is 5.97 Å². The highest BCUT2D eigenvalue weighted by Crippen LogP contribution is 2.34. The first-order chi connectivity index (χ1) is 44.2. The van der Waals surface area contributed by atoms with E-state index in [0.717, 1.165) is 101 Å². The minimum Gasteiger partial charge on any atom is -0.489 e. The molecule has 0 spiro atoms. The molecule has 8 aromatic rings. The molecule has 0 radical (unpaired) electrons. The number of aromatic amines is 2. The number of methoxy groups -OCH3 is 2. The van der Waals surface area contributed by atoms with Crippen molar-refractivity contribution >= 4 is 46.5 Å². The van der Waals surface area contributed by atoms with E-state index in [4.69, 9.17) is 24.1 Å². The molecule has 12 rings (SSSR count). The number of carboxylic acids is 1. The van der Waals surface area contributed by atoms with E-state index in [1.54, 1.807) is 45.1 Å². The van der Waals surface area contributed by atoms with E-state index in [9.17, 15) is 20.1 Å². The largest absolute Gasteiger partial charge is 0.489 e. The molecule has 4 aliphatic rings. The Balaban J connectivity index is 0.000000178. The molecule has 0 bridgehead atoms. The lowest BCUT2D eigenvalue weighted by molar-refractivity contribution is 0.0583. The fourth-order valence-corrected chi connectivity index (χ4v) is 10.5. The molecule has 0 saturated carbocycles. The van der Waals surface area contributed by atoms with Crippen LogP contribution in [0.1, 0.15) is 69.7 Å². The van der Waals surface area contributed by atoms with Crippen LogP contribution < -0.4 is 44.7 Å². The van der Waals surface area contributed by atoms with Crippen LogP contribution in [0.5, 0.6) is 23.3 Å². The molecule has 29 heteroatoms. The van der Waals surface area contributed by atoms with Gasteiger partial charge in [0, 0.05) is 102 Å². The predicted octanol–water partition coefficient (Wildman–Crippen LogP) is 5.88. The highest BCUT2D eigenvalue weighted by Gasteiger charge is 2.28. The van der Waals surface area contributed by atoms with Crippen molar-refractivity contribution in [2.75, 3.05) is 127 Å². The number of H-pyrrole nitrogens is 2. The lowest BCUT2D eigenvalue weighted by atomic mass is 10.1. The van der Waals surface area contributed by atoms with Crippen LogP contribution in [0.15, 0.2) is 85.5 Å². The Morgan fingerprint density at radius 1 is 0.560 bits per heavy atom. The molecule has 29 nitrogen and oxygen atoms in total. The van der Waals surface area contributed by atoms with Crippen molar-refractivity contribution in [3.63, 3.8) is 0 Å². The average Bonchev–Trinajstić information content (AvgIpc) is 2.88. The van der Waals surface area contributed by atoms with Crippen LogP contribution in [0.2, 0.25) is 0 Å². The number of hydrogen-bond donors (Lipinski definition) is 6. The Hall–Kier alpha value is -10.6. The number of piperazine rings is 2. The van der Waals surface area contributed by atoms with Gasteiger partial charge in [0.25, 0.3) is 11.7 Å². The zero-order valence-electron chi connectivity index (χ0n) is 51.6. The summed E-state index contributed by atoms with van der Waals surface area (Å²) in [5, 5.41) is 50.2. The predicted molar refractivity (Wildman–Crippen MR) is 337 cm³/mol. The monoisotopic (exact) mass is 1240 g/mol. The number of carbonyl (C=O) groups is 2. The number of nitrogens with zero attached hydrogens (tertiary/aromatic N) is 17. The molecule has 4 fully saturated rings. The van der Waals surface area contributed by atoms with E-state index in [0.29, 0.717) is 107 Å². The van der Waals surface area contributed by atoms with Crippen molar-refractivity contribution in [2.24, 2.45) is 0 Å². The summed E-state index contributed by atoms with van der Waals surface area (Å²) in [6.07, 6.45) is 6.11. The Labute approximate surface area is 525 Å². The number of rotatable bonds is 16. The second-order valence-corrected chi connectivity index (χ2v) is 22.0. The van der Waals surface area contributed by atoms with Gasteiger partial charge in [-0.3, -0.25) is 15.0 Å². The van der Waals surface area contributed by atoms with E-state index in [2.05, 4.69) is 122 Å². The van der Waals surface area contributed by atoms with E-state index >= 15 is 0 Å². The van der Waals surface area contributed by atoms with Crippen molar-refractivity contribution in [3.8, 4) is 57.9 Å². The maximum absolute atomic E-state index is 12.7. The Morgan fingerprint density at radius 2 is 1.01 bits per heavy atom. The van der Waals surface area contributed by atoms with Crippen LogP contribution in [0.3, 0.4) is 0 Å². The number of aromatic nitrogens is 12. The summed E-state index contributed by atoms with van der Waals surface area (Å²) >= 11 is 0. The maximum atomic E-state index is 12.7. The fraction of sp³-hybridized carbons (Fsp3) is 0.387. The van der Waals surface area contributed by atoms with E-state index in [-0.39, 0.29) is 29.8 Å². The number of carbonyl (C=O) groups excluding carboxylic acids is 1. The number of ether oxygens (including phenoxy) is 4. The first-order valence-electron chi connectivity index (χ1n) is 29.8. The molecule has 0 unspecified atom stereocenters. The third-order valence-electron chi connectivity index (χ3n) is 15.6. The first kappa shape index (κ1) is 63.4. The quantitative estimate of drug-likeness (QED) is 0.0657. The summed E-state index contributed by atoms with van der Waals surface area (Å²) in [7, 11) is 7.52. The minimum absolute atomic E-state index is 0.122. The number of likely N-dealkylation sites (tertiary alicyclic amines) is 1. The number of benzene rings is 2. The number of anilines is 6. The summed E-state index contributed by atoms with van der Waals surface area (Å²) in [5.41, 5.74) is 5.76. The number of amides is 1. The smallest absolute Gasteiger partial charge is 0.375 e. The molecule has 4 aliphatic heterocycles. The molecule has 4 saturated heterocycles. The average molecular weight is 1240 g/mol. The molecule has 1 amide bonds. The minimum atomic E-state index is -1.11. The van der Waals surface area contributed by atoms with Gasteiger partial charge in [-0.15, -0.1) is 10.2 Å². The van der Waals surface area contributed by atoms with E-state index in [1.807, 2.05) is 60.7 Å². The number of aryl methyl sites for hydroxylation is 2. The van der Waals surface area contributed by atoms with Gasteiger partial charge < -0.3 is 64.5 Å². The molecule has 6 aromatic heterocycles. The number of nitrogens with one attached hydrogen (secondary N) is 5. The van der Waals surface area contributed by atoms with Crippen LogP contribution in [-0.4, -0.2) is 211 Å². The normalized spacial score (nSPS) is 15.6. The number of likely N-dealkylation sites (N-methyl/N-ethyl adjacent to an activating group) is 2. The molecule has 2 aromatic carbocycles. The van der Waals surface area contributed by atoms with E-state index < -0.39 is 5.97 Å². The number of aromatic carboxylic acids is 1. The highest BCUT2D eigenvalue weighted by atomic mass is 16.5. The maximum Gasteiger partial charge on any atom is 0.375 e. The van der Waals surface area contributed by atoms with Crippen molar-refractivity contribution in [2.45, 2.75) is 51.7 Å². The topological polar surface area (TPSA) is 352 Å². The summed E-state index contributed by atoms with van der Waals surface area (Å²) < 4.78 is 23.6. The second kappa shape index (κ2) is 30.1. The molecule has 91 heavy (non-hydrogen) atoms. The van der Waals surface area contributed by atoms with Gasteiger partial charge in [0.2, 0.25) is 17.6 Å². The molecular formula is C62H72N22O7. The highest BCUT2D eigenvalue weighted by molar-refractivity contribution is 5.90. The number of nitriles is 2. The van der Waals surface area contributed by atoms with Crippen LogP contribution in [-0.2, 0) is 0 Å². The SMILES string of the molecule is COc1nc(Nc2cc(-c3ccc(OC4CCN(C(=O)c5n[nH]c(C)n5)CC4)c(C#N)c3)ncn2)ccc1N1CCN(C)CC1.COc1nc(Nc2cc(-c3ccc(OC4CCNCC4)c(C#N)c3)ncn2)ccc1N1CCN(C)CC1.Cc1nc(C(=O)O)n[nH]1. The van der Waals surface area contributed by atoms with Crippen molar-refractivity contribution in [1.82, 2.24) is 80.3 Å². The zero-order chi connectivity index (χ0) is 63.8. The number of pyridine rings is 2. The Morgan fingerprint density at radius 3 is 1.42 bits per heavy atom. The van der Waals surface area contributed by atoms with Gasteiger partial charge in [-0.2, -0.15) is 20.5 Å². The van der Waals surface area contributed by atoms with Crippen LogP contribution in [0, 0.1) is 36.5 Å². The van der Waals surface area contributed by atoms with Crippen molar-refractivity contribution in [1.29, 1.82) is 10.5 Å². The lowest BCUT2D eigenvalue weighted by Gasteiger charge is -2.34. The van der Waals surface area contributed by atoms with Gasteiger partial charge in [-0.25, -0.2) is 34.7 Å². The summed E-state index contributed by atoms with van der Waals surface area (Å²) in [5.74, 6) is 4.40. The van der Waals surface area contributed by atoms with Crippen LogP contribution in [0.4, 0.5) is 34.6 Å². The van der Waals surface area contributed by atoms with Gasteiger partial charge in [0.15, 0.2) is 0 Å². The third-order valence-corrected chi connectivity index (χ3v) is 15.6. The lowest BCUT2D eigenvalue weighted by Crippen LogP contribution is -2.44. The van der Waals surface area contributed by atoms with Gasteiger partial charge in [0.1, 0.15) is 94.8 Å². The fourth-order valence-electron chi connectivity index (χ4n) is 10.5. The number of hydrogen-bond acceptors (Lipinski definition) is 25. The zero-order valence-corrected chi connectivity index (χ0v) is 51.6. The van der Waals surface area contributed by atoms with Crippen molar-refractivity contribution in [3.05, 3.63) is 120 Å². The second-order valence-electron chi connectivity index (χ2n) is 22.0. The molecule has 0 atom stereocenters. The summed E-state index contributed by atoms with van der Waals surface area (Å²) in [6.45, 7) is 14.0. The molecule has 6 N–H and O–H groups in total. The van der Waals surface area contributed by atoms with Gasteiger partial charge in [-0.05, 0) is 115 Å². The van der Waals surface area contributed by atoms with E-state index in [1.165, 1.54) is 12.7 Å². The molecule has 0 aliphatic carbocycles. The third kappa shape index (κ3) is 16.6. The van der Waals surface area contributed by atoms with Gasteiger partial charge in [0.05, 0.1) is 36.7 Å². The van der Waals surface area contributed by atoms with Gasteiger partial charge in [-0.1, -0.05) is 0 Å². The van der Waals surface area contributed by atoms with Crippen molar-refractivity contribution < 1.29 is 33.6 Å². The Kier molecular flexibility index (Phi) is 20.9. The summed E-state index contributed by atoms with van der Waals surface area (Å²) in [6, 6.07) is 27.1. The summed E-state index contributed by atoms with van der Waals surface area (Å²) in [4.78, 5) is 68.2. The number of carboxylic acid groups (broad SMARTS) is 1. The standard InChI is InChI=1S/C31H35N11O3.C27H32N8O2.C4H5N3O2/c1-20-35-29(39-38-20)31(43)42-10-8-23(9-11-42)45-26-6-4-21(16-22(26)18-32)24-17-28(34-19-33-24)36-27-7-5-25(30(37-27)44-3)41-14-12-40(2)13-15-41;1-34-11-13-35(14-12-34)23-4-6-25(33-27(23)36-2)32-26-16-22(30-18-31-26)19-3-5-24(20(15-19)17-28)37-21-7-9-29-10-8-21;1-2-5-3(4(8)9)7-6-2/h4-7,16-17,19,23H,8-15H2,1-3H3,(H,35,38,39)(H,33,34,36,37);3-6,15-16,18,21,29H,7-14H2,1-2H3,(H,30,31,32,33);1H3,(H,8,9)(H,5,6,7).